The minimum Gasteiger partial charge on any atom is -0.328 e. The molecule has 0 spiro atoms. The Labute approximate surface area is 135 Å². The minimum atomic E-state index is 0.253. The van der Waals surface area contributed by atoms with Crippen molar-refractivity contribution in [2.75, 3.05) is 19.6 Å². The summed E-state index contributed by atoms with van der Waals surface area (Å²) in [6.45, 7) is 7.31. The molecule has 0 aliphatic carbocycles. The average molecular weight is 357 g/mol. The second-order valence-electron chi connectivity index (χ2n) is 5.71. The van der Waals surface area contributed by atoms with Crippen LogP contribution in [0.2, 0.25) is 0 Å². The Bertz CT molecular complexity index is 492. The number of likely N-dealkylation sites (tertiary alicyclic amines) is 1. The molecule has 0 bridgehead atoms. The normalized spacial score (nSPS) is 17.3. The number of carbonyl (C=O) groups is 1. The molecule has 2 heterocycles. The molecule has 1 aliphatic heterocycles. The van der Waals surface area contributed by atoms with Gasteiger partial charge in [-0.1, -0.05) is 6.92 Å². The molecule has 0 atom stereocenters. The Morgan fingerprint density at radius 3 is 2.62 bits per heavy atom. The zero-order chi connectivity index (χ0) is 15.4. The summed E-state index contributed by atoms with van der Waals surface area (Å²) in [4.78, 5) is 14.6. The molecule has 1 saturated heterocycles. The van der Waals surface area contributed by atoms with E-state index in [1.807, 2.05) is 4.68 Å². The van der Waals surface area contributed by atoms with E-state index in [0.29, 0.717) is 19.0 Å². The second-order valence-corrected chi connectivity index (χ2v) is 6.50. The van der Waals surface area contributed by atoms with Gasteiger partial charge < -0.3 is 5.73 Å². The highest BCUT2D eigenvalue weighted by molar-refractivity contribution is 9.10. The number of hydrogen-bond acceptors (Lipinski definition) is 4. The van der Waals surface area contributed by atoms with Crippen LogP contribution in [0.4, 0.5) is 0 Å². The number of aromatic nitrogens is 2. The van der Waals surface area contributed by atoms with Gasteiger partial charge in [-0.25, -0.2) is 0 Å². The predicted molar refractivity (Wildman–Crippen MR) is 87.3 cm³/mol. The maximum absolute atomic E-state index is 12.3. The SMILES string of the molecule is CCc1nn(CC)c(CC(=O)CN2CCC(N)CC2)c1Br. The third kappa shape index (κ3) is 4.14. The molecule has 21 heavy (non-hydrogen) atoms. The van der Waals surface area contributed by atoms with Crippen LogP contribution in [-0.2, 0) is 24.2 Å². The van der Waals surface area contributed by atoms with Crippen LogP contribution < -0.4 is 5.73 Å². The number of carbonyl (C=O) groups excluding carboxylic acids is 1. The number of piperidine rings is 1. The van der Waals surface area contributed by atoms with Crippen LogP contribution in [-0.4, -0.2) is 46.1 Å². The van der Waals surface area contributed by atoms with Crippen LogP contribution >= 0.6 is 15.9 Å². The maximum atomic E-state index is 12.3. The van der Waals surface area contributed by atoms with Gasteiger partial charge in [0.1, 0.15) is 0 Å². The lowest BCUT2D eigenvalue weighted by molar-refractivity contribution is -0.119. The molecule has 1 fully saturated rings. The molecule has 0 amide bonds. The Kier molecular flexibility index (Phi) is 5.96. The van der Waals surface area contributed by atoms with Crippen molar-refractivity contribution in [3.63, 3.8) is 0 Å². The number of nitrogens with zero attached hydrogens (tertiary/aromatic N) is 3. The van der Waals surface area contributed by atoms with Crippen molar-refractivity contribution in [2.24, 2.45) is 5.73 Å². The summed E-state index contributed by atoms with van der Waals surface area (Å²) in [5.41, 5.74) is 7.94. The Morgan fingerprint density at radius 1 is 1.38 bits per heavy atom. The van der Waals surface area contributed by atoms with Crippen molar-refractivity contribution in [2.45, 2.75) is 52.1 Å². The molecule has 0 aromatic carbocycles. The molecule has 118 valence electrons. The number of Topliss-reactive ketones (excluding diaryl/α,β-unsaturated/α-hetero) is 1. The molecule has 1 aliphatic rings. The highest BCUT2D eigenvalue weighted by Gasteiger charge is 2.21. The summed E-state index contributed by atoms with van der Waals surface area (Å²) >= 11 is 3.60. The van der Waals surface area contributed by atoms with Gasteiger partial charge >= 0.3 is 0 Å². The summed E-state index contributed by atoms with van der Waals surface area (Å²) < 4.78 is 2.94. The third-order valence-corrected chi connectivity index (χ3v) is 5.01. The van der Waals surface area contributed by atoms with Crippen molar-refractivity contribution in [1.82, 2.24) is 14.7 Å². The molecule has 0 saturated carbocycles. The van der Waals surface area contributed by atoms with Crippen molar-refractivity contribution in [3.05, 3.63) is 15.9 Å². The lowest BCUT2D eigenvalue weighted by Crippen LogP contribution is -2.42. The van der Waals surface area contributed by atoms with Gasteiger partial charge in [0, 0.05) is 25.7 Å². The molecule has 2 N–H and O–H groups in total. The van der Waals surface area contributed by atoms with Gasteiger partial charge in [-0.05, 0) is 42.1 Å². The maximum Gasteiger partial charge on any atom is 0.152 e. The van der Waals surface area contributed by atoms with Crippen molar-refractivity contribution in [1.29, 1.82) is 0 Å². The van der Waals surface area contributed by atoms with Crippen LogP contribution in [0.5, 0.6) is 0 Å². The first-order chi connectivity index (χ1) is 10.0. The number of aryl methyl sites for hydroxylation is 2. The Morgan fingerprint density at radius 2 is 2.05 bits per heavy atom. The predicted octanol–water partition coefficient (Wildman–Crippen LogP) is 1.76. The number of hydrogen-bond donors (Lipinski definition) is 1. The van der Waals surface area contributed by atoms with E-state index < -0.39 is 0 Å². The molecule has 0 unspecified atom stereocenters. The van der Waals surface area contributed by atoms with Crippen LogP contribution in [0.25, 0.3) is 0 Å². The van der Waals surface area contributed by atoms with Gasteiger partial charge in [0.25, 0.3) is 0 Å². The molecule has 0 radical (unpaired) electrons. The molecular weight excluding hydrogens is 332 g/mol. The van der Waals surface area contributed by atoms with Gasteiger partial charge in [-0.2, -0.15) is 5.10 Å². The van der Waals surface area contributed by atoms with E-state index in [9.17, 15) is 4.79 Å². The molecular formula is C15H25BrN4O. The Hall–Kier alpha value is -0.720. The fraction of sp³-hybridized carbons (Fsp3) is 0.733. The highest BCUT2D eigenvalue weighted by Crippen LogP contribution is 2.23. The smallest absolute Gasteiger partial charge is 0.152 e. The van der Waals surface area contributed by atoms with Crippen LogP contribution in [0.15, 0.2) is 4.47 Å². The average Bonchev–Trinajstić information content (AvgIpc) is 2.77. The van der Waals surface area contributed by atoms with Gasteiger partial charge in [0.2, 0.25) is 0 Å². The summed E-state index contributed by atoms with van der Waals surface area (Å²) in [5, 5.41) is 4.54. The standard InChI is InChI=1S/C15H25BrN4O/c1-3-13-15(16)14(20(4-2)18-13)9-12(21)10-19-7-5-11(17)6-8-19/h11H,3-10,17H2,1-2H3. The number of rotatable bonds is 6. The lowest BCUT2D eigenvalue weighted by Gasteiger charge is -2.29. The minimum absolute atomic E-state index is 0.253. The van der Waals surface area contributed by atoms with E-state index in [0.717, 1.165) is 54.8 Å². The first kappa shape index (κ1) is 16.6. The van der Waals surface area contributed by atoms with Gasteiger partial charge in [0.05, 0.1) is 28.8 Å². The molecule has 1 aromatic rings. The van der Waals surface area contributed by atoms with Crippen LogP contribution in [0, 0.1) is 0 Å². The molecule has 5 nitrogen and oxygen atoms in total. The van der Waals surface area contributed by atoms with E-state index in [1.165, 1.54) is 0 Å². The number of halogens is 1. The van der Waals surface area contributed by atoms with Crippen molar-refractivity contribution >= 4 is 21.7 Å². The van der Waals surface area contributed by atoms with E-state index in [1.54, 1.807) is 0 Å². The van der Waals surface area contributed by atoms with E-state index in [4.69, 9.17) is 5.73 Å². The van der Waals surface area contributed by atoms with E-state index in [2.05, 4.69) is 39.8 Å². The van der Waals surface area contributed by atoms with E-state index >= 15 is 0 Å². The van der Waals surface area contributed by atoms with Crippen molar-refractivity contribution < 1.29 is 4.79 Å². The summed E-state index contributed by atoms with van der Waals surface area (Å²) in [6, 6.07) is 0.305. The third-order valence-electron chi connectivity index (χ3n) is 4.09. The summed E-state index contributed by atoms with van der Waals surface area (Å²) in [7, 11) is 0. The van der Waals surface area contributed by atoms with Crippen LogP contribution in [0.3, 0.4) is 0 Å². The lowest BCUT2D eigenvalue weighted by atomic mass is 10.1. The first-order valence-electron chi connectivity index (χ1n) is 7.78. The zero-order valence-electron chi connectivity index (χ0n) is 12.9. The topological polar surface area (TPSA) is 64.2 Å². The molecule has 1 aromatic heterocycles. The fourth-order valence-electron chi connectivity index (χ4n) is 2.79. The largest absolute Gasteiger partial charge is 0.328 e. The van der Waals surface area contributed by atoms with Crippen LogP contribution in [0.1, 0.15) is 38.1 Å². The highest BCUT2D eigenvalue weighted by atomic mass is 79.9. The first-order valence-corrected chi connectivity index (χ1v) is 8.58. The van der Waals surface area contributed by atoms with Gasteiger partial charge in [-0.3, -0.25) is 14.4 Å². The summed E-state index contributed by atoms with van der Waals surface area (Å²) in [5.74, 6) is 0.253. The van der Waals surface area contributed by atoms with E-state index in [-0.39, 0.29) is 5.78 Å². The second kappa shape index (κ2) is 7.51. The monoisotopic (exact) mass is 356 g/mol. The fourth-order valence-corrected chi connectivity index (χ4v) is 3.49. The number of nitrogens with two attached hydrogens (primary N) is 1. The Balaban J connectivity index is 1.98. The molecule has 2 rings (SSSR count). The quantitative estimate of drug-likeness (QED) is 0.843. The van der Waals surface area contributed by atoms with Gasteiger partial charge in [-0.15, -0.1) is 0 Å². The summed E-state index contributed by atoms with van der Waals surface area (Å²) in [6.07, 6.45) is 3.30. The van der Waals surface area contributed by atoms with Gasteiger partial charge in [0.15, 0.2) is 5.78 Å². The van der Waals surface area contributed by atoms with Crippen molar-refractivity contribution in [3.8, 4) is 0 Å². The molecule has 6 heteroatoms. The zero-order valence-corrected chi connectivity index (χ0v) is 14.5. The number of ketones is 1.